The van der Waals surface area contributed by atoms with Gasteiger partial charge in [-0.05, 0) is 76.1 Å². The van der Waals surface area contributed by atoms with Gasteiger partial charge in [-0.2, -0.15) is 0 Å². The zero-order valence-corrected chi connectivity index (χ0v) is 24.0. The van der Waals surface area contributed by atoms with Crippen molar-refractivity contribution >= 4 is 0 Å². The number of aliphatic hydroxyl groups is 3. The molecule has 6 N–H and O–H groups in total. The van der Waals surface area contributed by atoms with Gasteiger partial charge in [-0.25, -0.2) is 0 Å². The summed E-state index contributed by atoms with van der Waals surface area (Å²) in [5, 5.41) is 30.1. The first kappa shape index (κ1) is 39.8. The van der Waals surface area contributed by atoms with E-state index < -0.39 is 0 Å². The fraction of sp³-hybridized carbons (Fsp3) is 0.625. The monoisotopic (exact) mass is 530 g/mol. The van der Waals surface area contributed by atoms with Crippen LogP contribution in [0.2, 0.25) is 0 Å². The van der Waals surface area contributed by atoms with E-state index in [0.29, 0.717) is 6.54 Å². The molecule has 6 heteroatoms. The molecule has 0 aromatic carbocycles. The molecule has 0 amide bonds. The molecule has 0 rings (SSSR count). The van der Waals surface area contributed by atoms with Crippen LogP contribution in [0.4, 0.5) is 0 Å². The van der Waals surface area contributed by atoms with Crippen LogP contribution in [0.15, 0.2) is 35.8 Å². The van der Waals surface area contributed by atoms with Gasteiger partial charge in [0, 0.05) is 39.1 Å². The normalized spacial score (nSPS) is 11.8. The predicted molar refractivity (Wildman–Crippen MR) is 162 cm³/mol. The summed E-state index contributed by atoms with van der Waals surface area (Å²) >= 11 is 0. The summed E-state index contributed by atoms with van der Waals surface area (Å²) in [6.45, 7) is 3.95. The van der Waals surface area contributed by atoms with Gasteiger partial charge < -0.3 is 25.8 Å². The number of allylic oxidation sites excluding steroid dienone is 2. The van der Waals surface area contributed by atoms with E-state index in [9.17, 15) is 5.11 Å². The zero-order chi connectivity index (χ0) is 29.1. The second-order valence-electron chi connectivity index (χ2n) is 8.50. The molecule has 0 spiro atoms. The van der Waals surface area contributed by atoms with E-state index >= 15 is 0 Å². The van der Waals surface area contributed by atoms with Crippen molar-refractivity contribution in [2.45, 2.75) is 103 Å². The third-order valence-corrected chi connectivity index (χ3v) is 5.12. The summed E-state index contributed by atoms with van der Waals surface area (Å²) in [7, 11) is 1.62. The van der Waals surface area contributed by atoms with Crippen molar-refractivity contribution in [1.29, 1.82) is 0 Å². The number of methoxy groups -OCH3 is 1. The van der Waals surface area contributed by atoms with Gasteiger partial charge in [-0.15, -0.1) is 37.0 Å². The number of terminal acetylenes is 3. The lowest BCUT2D eigenvalue weighted by Gasteiger charge is -2.19. The van der Waals surface area contributed by atoms with E-state index in [-0.39, 0.29) is 18.6 Å². The van der Waals surface area contributed by atoms with Crippen LogP contribution in [0.5, 0.6) is 0 Å². The van der Waals surface area contributed by atoms with Crippen LogP contribution in [0.3, 0.4) is 0 Å². The van der Waals surface area contributed by atoms with Crippen LogP contribution in [0, 0.1) is 37.0 Å². The van der Waals surface area contributed by atoms with Crippen molar-refractivity contribution in [1.82, 2.24) is 5.32 Å². The molecule has 0 aromatic heterocycles. The molecule has 0 aliphatic carbocycles. The molecule has 0 saturated carbocycles. The minimum atomic E-state index is -0.315. The van der Waals surface area contributed by atoms with Gasteiger partial charge in [-0.1, -0.05) is 32.3 Å². The van der Waals surface area contributed by atoms with Crippen molar-refractivity contribution < 1.29 is 20.1 Å². The smallest absolute Gasteiger partial charge is 0.133 e. The minimum absolute atomic E-state index is 0.0284. The van der Waals surface area contributed by atoms with Gasteiger partial charge >= 0.3 is 0 Å². The van der Waals surface area contributed by atoms with Crippen LogP contribution in [0.1, 0.15) is 96.8 Å². The molecular weight excluding hydrogens is 476 g/mol. The number of nitrogens with one attached hydrogen (secondary N) is 1. The van der Waals surface area contributed by atoms with Crippen molar-refractivity contribution in [2.75, 3.05) is 26.8 Å². The topological polar surface area (TPSA) is 108 Å². The van der Waals surface area contributed by atoms with E-state index in [1.54, 1.807) is 13.2 Å². The maximum atomic E-state index is 9.80. The molecule has 1 unspecified atom stereocenters. The Morgan fingerprint density at radius 3 is 2.03 bits per heavy atom. The third kappa shape index (κ3) is 33.3. The van der Waals surface area contributed by atoms with Gasteiger partial charge in [0.25, 0.3) is 0 Å². The molecule has 6 nitrogen and oxygen atoms in total. The first-order valence-corrected chi connectivity index (χ1v) is 13.8. The molecule has 1 atom stereocenters. The molecule has 0 fully saturated rings. The molecule has 0 bridgehead atoms. The molecule has 0 heterocycles. The van der Waals surface area contributed by atoms with Gasteiger partial charge in [-0.3, -0.25) is 5.32 Å². The number of rotatable bonds is 20. The maximum Gasteiger partial charge on any atom is 0.133 e. The summed E-state index contributed by atoms with van der Waals surface area (Å²) in [4.78, 5) is 0. The van der Waals surface area contributed by atoms with Crippen LogP contribution in [-0.2, 0) is 4.74 Å². The molecule has 0 radical (unpaired) electrons. The number of nitrogens with two attached hydrogens (primary N) is 1. The van der Waals surface area contributed by atoms with Crippen molar-refractivity contribution in [3.05, 3.63) is 35.8 Å². The third-order valence-electron chi connectivity index (χ3n) is 5.12. The van der Waals surface area contributed by atoms with E-state index in [1.807, 2.05) is 6.08 Å². The average molecular weight is 531 g/mol. The lowest BCUT2D eigenvalue weighted by Crippen LogP contribution is -2.33. The highest BCUT2D eigenvalue weighted by atomic mass is 16.5. The number of hydrogen-bond donors (Lipinski definition) is 5. The standard InChI is InChI=1S/C19H32N2O3.C7H12.C6H10O/c1-3-4-5-6-8-11-17(16-18(23)12-15-22)19(24-2)21-14-10-7-9-13-20;1-3-5-7-6-4-2;1-2-3-4-5-6-7/h1,11-12,15-16,19,21-23H,4-10,13-14,20H2,2H3;1H,4-7H2,2H3;1,7H,3-6H2/b15-12+,17-11+,18-16+;;. The van der Waals surface area contributed by atoms with E-state index in [1.165, 1.54) is 25.3 Å². The highest BCUT2D eigenvalue weighted by Gasteiger charge is 2.11. The molecule has 0 saturated heterocycles. The van der Waals surface area contributed by atoms with E-state index in [4.69, 9.17) is 40.0 Å². The Bertz CT molecular complexity index is 688. The summed E-state index contributed by atoms with van der Waals surface area (Å²) in [6, 6.07) is 0. The molecule has 0 aromatic rings. The highest BCUT2D eigenvalue weighted by molar-refractivity contribution is 5.28. The Morgan fingerprint density at radius 2 is 1.53 bits per heavy atom. The number of unbranched alkanes of at least 4 members (excludes halogenated alkanes) is 10. The Morgan fingerprint density at radius 1 is 0.921 bits per heavy atom. The lowest BCUT2D eigenvalue weighted by atomic mass is 10.1. The quantitative estimate of drug-likeness (QED) is 0.0416. The Balaban J connectivity index is -0.000000710. The fourth-order valence-corrected chi connectivity index (χ4v) is 3.01. The maximum absolute atomic E-state index is 9.80. The molecule has 38 heavy (non-hydrogen) atoms. The van der Waals surface area contributed by atoms with Gasteiger partial charge in [0.05, 0.1) is 6.26 Å². The number of ether oxygens (including phenoxy) is 1. The van der Waals surface area contributed by atoms with Crippen LogP contribution in [0.25, 0.3) is 0 Å². The minimum Gasteiger partial charge on any atom is -0.515 e. The summed E-state index contributed by atoms with van der Waals surface area (Å²) in [5.41, 5.74) is 6.32. The fourth-order valence-electron chi connectivity index (χ4n) is 3.01. The Kier molecular flexibility index (Phi) is 38.3. The first-order valence-electron chi connectivity index (χ1n) is 13.8. The van der Waals surface area contributed by atoms with Crippen LogP contribution < -0.4 is 11.1 Å². The number of aliphatic hydroxyl groups excluding tert-OH is 3. The average Bonchev–Trinajstić information content (AvgIpc) is 2.92. The van der Waals surface area contributed by atoms with Crippen LogP contribution >= 0.6 is 0 Å². The molecule has 0 aliphatic rings. The predicted octanol–water partition coefficient (Wildman–Crippen LogP) is 6.29. The largest absolute Gasteiger partial charge is 0.515 e. The second kappa shape index (κ2) is 36.5. The van der Waals surface area contributed by atoms with Gasteiger partial charge in [0.15, 0.2) is 0 Å². The zero-order valence-electron chi connectivity index (χ0n) is 24.0. The lowest BCUT2D eigenvalue weighted by molar-refractivity contribution is 0.105. The Hall–Kier alpha value is -2.66. The summed E-state index contributed by atoms with van der Waals surface area (Å²) < 4.78 is 5.50. The van der Waals surface area contributed by atoms with Gasteiger partial charge in [0.1, 0.15) is 12.0 Å². The molecule has 216 valence electrons. The first-order chi connectivity index (χ1) is 18.5. The van der Waals surface area contributed by atoms with Crippen LogP contribution in [-0.4, -0.2) is 48.4 Å². The van der Waals surface area contributed by atoms with Gasteiger partial charge in [0.2, 0.25) is 0 Å². The molecular formula is C32H54N2O4. The second-order valence-corrected chi connectivity index (χ2v) is 8.50. The Labute approximate surface area is 233 Å². The van der Waals surface area contributed by atoms with E-state index in [2.05, 4.69) is 30.0 Å². The highest BCUT2D eigenvalue weighted by Crippen LogP contribution is 2.12. The SMILES string of the molecule is C#CCCCCC.C#CCCCCO.C#CCCCC\C=C(/C=C(O)\C=C\O)C(NCCCCCN)OC. The van der Waals surface area contributed by atoms with Crippen molar-refractivity contribution in [2.24, 2.45) is 5.73 Å². The van der Waals surface area contributed by atoms with E-state index in [0.717, 1.165) is 89.0 Å². The number of hydrogen-bond acceptors (Lipinski definition) is 6. The summed E-state index contributed by atoms with van der Waals surface area (Å²) in [5.74, 6) is 7.69. The van der Waals surface area contributed by atoms with Crippen molar-refractivity contribution in [3.8, 4) is 37.0 Å². The summed E-state index contributed by atoms with van der Waals surface area (Å²) in [6.07, 6.45) is 34.5. The molecule has 0 aliphatic heterocycles. The van der Waals surface area contributed by atoms with Crippen molar-refractivity contribution in [3.63, 3.8) is 0 Å².